The Morgan fingerprint density at radius 2 is 1.83 bits per heavy atom. The summed E-state index contributed by atoms with van der Waals surface area (Å²) in [5.74, 6) is 1.08. The van der Waals surface area contributed by atoms with E-state index < -0.39 is 0 Å². The Morgan fingerprint density at radius 3 is 2.48 bits per heavy atom. The molecule has 6 nitrogen and oxygen atoms in total. The van der Waals surface area contributed by atoms with E-state index in [-0.39, 0.29) is 17.2 Å². The maximum atomic E-state index is 13.3. The highest BCUT2D eigenvalue weighted by Crippen LogP contribution is 2.44. The number of benzene rings is 1. The van der Waals surface area contributed by atoms with Gasteiger partial charge in [-0.3, -0.25) is 14.5 Å². The topological polar surface area (TPSA) is 61.9 Å². The van der Waals surface area contributed by atoms with Gasteiger partial charge in [-0.2, -0.15) is 0 Å². The molecule has 158 valence electrons. The average Bonchev–Trinajstić information content (AvgIpc) is 3.54. The first-order valence-electron chi connectivity index (χ1n) is 11.0. The number of hydrogen-bond acceptors (Lipinski definition) is 4. The van der Waals surface area contributed by atoms with Crippen molar-refractivity contribution in [3.8, 4) is 0 Å². The molecule has 1 saturated carbocycles. The van der Waals surface area contributed by atoms with E-state index in [2.05, 4.69) is 34.5 Å². The summed E-state index contributed by atoms with van der Waals surface area (Å²) in [6.45, 7) is 4.16. The molecule has 1 spiro atoms. The van der Waals surface area contributed by atoms with Gasteiger partial charge in [-0.05, 0) is 75.2 Å². The lowest BCUT2D eigenvalue weighted by molar-refractivity contribution is -0.128. The maximum absolute atomic E-state index is 13.3. The van der Waals surface area contributed by atoms with Crippen LogP contribution in [0.5, 0.6) is 0 Å². The number of likely N-dealkylation sites (tertiary alicyclic amines) is 1. The second-order valence-electron chi connectivity index (χ2n) is 8.83. The Bertz CT molecular complexity index is 721. The molecule has 0 aromatic heterocycles. The van der Waals surface area contributed by atoms with Gasteiger partial charge in [0.15, 0.2) is 0 Å². The lowest BCUT2D eigenvalue weighted by Crippen LogP contribution is -2.47. The minimum Gasteiger partial charge on any atom is -0.385 e. The standard InChI is InChI=1S/C23H33N3O3/c1-29-16-2-12-24-21(27)17-25-13-9-23(10-14-25)11-15-26(22(23)28)20-7-5-19(6-8-20)18-3-4-18/h5-8,18H,2-4,9-17H2,1H3,(H,24,27). The third-order valence-corrected chi connectivity index (χ3v) is 6.79. The molecule has 1 aromatic carbocycles. The van der Waals surface area contributed by atoms with Gasteiger partial charge in [0.2, 0.25) is 11.8 Å². The quantitative estimate of drug-likeness (QED) is 0.683. The van der Waals surface area contributed by atoms with Crippen LogP contribution in [0.2, 0.25) is 0 Å². The van der Waals surface area contributed by atoms with Crippen molar-refractivity contribution in [1.29, 1.82) is 0 Å². The van der Waals surface area contributed by atoms with E-state index in [0.29, 0.717) is 19.7 Å². The minimum atomic E-state index is -0.236. The van der Waals surface area contributed by atoms with E-state index in [4.69, 9.17) is 4.74 Å². The number of hydrogen-bond donors (Lipinski definition) is 1. The molecule has 3 fully saturated rings. The Kier molecular flexibility index (Phi) is 6.20. The zero-order valence-corrected chi connectivity index (χ0v) is 17.5. The van der Waals surface area contributed by atoms with Gasteiger partial charge in [0.25, 0.3) is 0 Å². The minimum absolute atomic E-state index is 0.0622. The number of piperidine rings is 1. The fourth-order valence-corrected chi connectivity index (χ4v) is 4.72. The summed E-state index contributed by atoms with van der Waals surface area (Å²) in [5, 5.41) is 2.94. The summed E-state index contributed by atoms with van der Waals surface area (Å²) in [7, 11) is 1.67. The number of nitrogens with one attached hydrogen (secondary N) is 1. The fourth-order valence-electron chi connectivity index (χ4n) is 4.72. The van der Waals surface area contributed by atoms with Gasteiger partial charge >= 0.3 is 0 Å². The van der Waals surface area contributed by atoms with Crippen molar-refractivity contribution in [2.45, 2.75) is 44.4 Å². The van der Waals surface area contributed by atoms with E-state index >= 15 is 0 Å². The zero-order chi connectivity index (χ0) is 20.3. The summed E-state index contributed by atoms with van der Waals surface area (Å²) >= 11 is 0. The molecule has 0 unspecified atom stereocenters. The fraction of sp³-hybridized carbons (Fsp3) is 0.652. The van der Waals surface area contributed by atoms with Crippen LogP contribution in [0.15, 0.2) is 24.3 Å². The lowest BCUT2D eigenvalue weighted by Gasteiger charge is -2.37. The Morgan fingerprint density at radius 1 is 1.14 bits per heavy atom. The Labute approximate surface area is 173 Å². The van der Waals surface area contributed by atoms with Crippen LogP contribution in [0.25, 0.3) is 0 Å². The van der Waals surface area contributed by atoms with Gasteiger partial charge in [-0.1, -0.05) is 12.1 Å². The smallest absolute Gasteiger partial charge is 0.234 e. The van der Waals surface area contributed by atoms with Crippen LogP contribution in [0, 0.1) is 5.41 Å². The third kappa shape index (κ3) is 4.64. The second-order valence-corrected chi connectivity index (χ2v) is 8.83. The number of amides is 2. The van der Waals surface area contributed by atoms with E-state index in [1.54, 1.807) is 7.11 Å². The van der Waals surface area contributed by atoms with Crippen LogP contribution in [0.4, 0.5) is 5.69 Å². The molecule has 0 radical (unpaired) electrons. The summed E-state index contributed by atoms with van der Waals surface area (Å²) in [6.07, 6.45) is 6.04. The predicted molar refractivity (Wildman–Crippen MR) is 113 cm³/mol. The summed E-state index contributed by atoms with van der Waals surface area (Å²) in [4.78, 5) is 29.5. The van der Waals surface area contributed by atoms with Crippen molar-refractivity contribution in [2.24, 2.45) is 5.41 Å². The van der Waals surface area contributed by atoms with Gasteiger partial charge in [-0.25, -0.2) is 0 Å². The highest BCUT2D eigenvalue weighted by Gasteiger charge is 2.48. The predicted octanol–water partition coefficient (Wildman–Crippen LogP) is 2.54. The van der Waals surface area contributed by atoms with Crippen LogP contribution in [-0.4, -0.2) is 63.2 Å². The number of carbonyl (C=O) groups excluding carboxylic acids is 2. The molecule has 2 amide bonds. The first-order valence-corrected chi connectivity index (χ1v) is 11.0. The summed E-state index contributed by atoms with van der Waals surface area (Å²) in [5.41, 5.74) is 2.21. The number of rotatable bonds is 8. The number of carbonyl (C=O) groups is 2. The molecule has 2 aliphatic heterocycles. The van der Waals surface area contributed by atoms with Crippen molar-refractivity contribution in [1.82, 2.24) is 10.2 Å². The molecule has 0 bridgehead atoms. The Hall–Kier alpha value is -1.92. The molecule has 3 aliphatic rings. The van der Waals surface area contributed by atoms with Crippen molar-refractivity contribution in [3.63, 3.8) is 0 Å². The third-order valence-electron chi connectivity index (χ3n) is 6.79. The normalized spacial score (nSPS) is 21.7. The van der Waals surface area contributed by atoms with Crippen molar-refractivity contribution in [3.05, 3.63) is 29.8 Å². The lowest BCUT2D eigenvalue weighted by atomic mass is 9.77. The van der Waals surface area contributed by atoms with Crippen LogP contribution >= 0.6 is 0 Å². The SMILES string of the molecule is COCCCNC(=O)CN1CCC2(CC1)CCN(c1ccc(C3CC3)cc1)C2=O. The van der Waals surface area contributed by atoms with E-state index in [1.807, 2.05) is 4.90 Å². The molecule has 1 aromatic rings. The van der Waals surface area contributed by atoms with E-state index in [1.165, 1.54) is 18.4 Å². The molecule has 29 heavy (non-hydrogen) atoms. The van der Waals surface area contributed by atoms with Gasteiger partial charge in [0.1, 0.15) is 0 Å². The summed E-state index contributed by atoms with van der Waals surface area (Å²) < 4.78 is 5.00. The van der Waals surface area contributed by atoms with Crippen LogP contribution in [0.1, 0.15) is 50.0 Å². The first kappa shape index (κ1) is 20.4. The average molecular weight is 400 g/mol. The zero-order valence-electron chi connectivity index (χ0n) is 17.5. The highest BCUT2D eigenvalue weighted by atomic mass is 16.5. The van der Waals surface area contributed by atoms with Crippen molar-refractivity contribution >= 4 is 17.5 Å². The molecule has 2 heterocycles. The number of anilines is 1. The molecule has 0 atom stereocenters. The van der Waals surface area contributed by atoms with Crippen LogP contribution < -0.4 is 10.2 Å². The highest BCUT2D eigenvalue weighted by molar-refractivity contribution is 6.00. The van der Waals surface area contributed by atoms with Crippen molar-refractivity contribution in [2.75, 3.05) is 51.3 Å². The summed E-state index contributed by atoms with van der Waals surface area (Å²) in [6, 6.07) is 8.62. The second kappa shape index (κ2) is 8.84. The van der Waals surface area contributed by atoms with Gasteiger partial charge in [0, 0.05) is 32.5 Å². The van der Waals surface area contributed by atoms with E-state index in [0.717, 1.165) is 56.9 Å². The van der Waals surface area contributed by atoms with Crippen molar-refractivity contribution < 1.29 is 14.3 Å². The number of methoxy groups -OCH3 is 1. The molecular weight excluding hydrogens is 366 g/mol. The van der Waals surface area contributed by atoms with Crippen LogP contribution in [0.3, 0.4) is 0 Å². The van der Waals surface area contributed by atoms with Gasteiger partial charge < -0.3 is 15.0 Å². The molecule has 1 N–H and O–H groups in total. The molecular formula is C23H33N3O3. The van der Waals surface area contributed by atoms with Gasteiger partial charge in [-0.15, -0.1) is 0 Å². The maximum Gasteiger partial charge on any atom is 0.234 e. The van der Waals surface area contributed by atoms with Crippen LogP contribution in [-0.2, 0) is 14.3 Å². The number of ether oxygens (including phenoxy) is 1. The number of nitrogens with zero attached hydrogens (tertiary/aromatic N) is 2. The van der Waals surface area contributed by atoms with E-state index in [9.17, 15) is 9.59 Å². The monoisotopic (exact) mass is 399 g/mol. The molecule has 6 heteroatoms. The molecule has 1 aliphatic carbocycles. The molecule has 2 saturated heterocycles. The molecule has 4 rings (SSSR count). The largest absolute Gasteiger partial charge is 0.385 e. The van der Waals surface area contributed by atoms with Gasteiger partial charge in [0.05, 0.1) is 12.0 Å². The first-order chi connectivity index (χ1) is 14.1. The Balaban J connectivity index is 1.27.